The number of likely N-dealkylation sites (tertiary alicyclic amines) is 1. The van der Waals surface area contributed by atoms with Gasteiger partial charge in [-0.3, -0.25) is 0 Å². The maximum absolute atomic E-state index is 13.6. The van der Waals surface area contributed by atoms with Crippen molar-refractivity contribution in [2.24, 2.45) is 5.92 Å². The molecule has 40 heavy (non-hydrogen) atoms. The van der Waals surface area contributed by atoms with Crippen molar-refractivity contribution in [2.75, 3.05) is 57.8 Å². The highest BCUT2D eigenvalue weighted by Gasteiger charge is 2.33. The van der Waals surface area contributed by atoms with E-state index < -0.39 is 10.0 Å². The van der Waals surface area contributed by atoms with Crippen molar-refractivity contribution < 1.29 is 17.9 Å². The third-order valence-electron chi connectivity index (χ3n) is 8.71. The zero-order chi connectivity index (χ0) is 28.1. The Morgan fingerprint density at radius 3 is 2.38 bits per heavy atom. The number of piperidine rings is 3. The summed E-state index contributed by atoms with van der Waals surface area (Å²) in [6, 6.07) is 5.33. The van der Waals surface area contributed by atoms with Gasteiger partial charge in [0.2, 0.25) is 21.9 Å². The van der Waals surface area contributed by atoms with Crippen LogP contribution in [-0.2, 0) is 10.0 Å². The van der Waals surface area contributed by atoms with Crippen LogP contribution >= 0.6 is 0 Å². The number of anilines is 1. The van der Waals surface area contributed by atoms with E-state index >= 15 is 0 Å². The summed E-state index contributed by atoms with van der Waals surface area (Å²) in [5, 5.41) is 0. The quantitative estimate of drug-likeness (QED) is 0.437. The van der Waals surface area contributed by atoms with Crippen LogP contribution in [-0.4, -0.2) is 86.6 Å². The predicted octanol–water partition coefficient (Wildman–Crippen LogP) is 4.43. The highest BCUT2D eigenvalue weighted by Crippen LogP contribution is 2.31. The van der Waals surface area contributed by atoms with Crippen molar-refractivity contribution in [1.29, 1.82) is 0 Å². The lowest BCUT2D eigenvalue weighted by atomic mass is 9.93. The largest absolute Gasteiger partial charge is 0.497 e. The molecule has 2 aromatic rings. The summed E-state index contributed by atoms with van der Waals surface area (Å²) in [5.74, 6) is 2.65. The second-order valence-electron chi connectivity index (χ2n) is 11.7. The van der Waals surface area contributed by atoms with Gasteiger partial charge in [-0.1, -0.05) is 6.42 Å². The number of hydrogen-bond donors (Lipinski definition) is 0. The zero-order valence-electron chi connectivity index (χ0n) is 24.3. The monoisotopic (exact) mass is 571 g/mol. The molecule has 3 aliphatic heterocycles. The standard InChI is InChI=1S/C30H45N5O4S/c1-23-20-27(38-3)21-24(2)29(23)40(36,37)35-16-7-8-26(22-35)39-28-9-13-31-30(32-28)34-18-11-25(12-19-34)10-17-33-14-5-4-6-15-33/h9,13,20-21,25-26H,4-8,10-12,14-19,22H2,1-3H3. The molecule has 1 unspecified atom stereocenters. The number of sulfonamides is 1. The van der Waals surface area contributed by atoms with Crippen LogP contribution in [0.25, 0.3) is 0 Å². The number of nitrogens with zero attached hydrogens (tertiary/aromatic N) is 5. The Balaban J connectivity index is 1.17. The van der Waals surface area contributed by atoms with Gasteiger partial charge in [-0.2, -0.15) is 9.29 Å². The lowest BCUT2D eigenvalue weighted by Gasteiger charge is -2.34. The highest BCUT2D eigenvalue weighted by molar-refractivity contribution is 7.89. The van der Waals surface area contributed by atoms with Crippen molar-refractivity contribution >= 4 is 16.0 Å². The van der Waals surface area contributed by atoms with E-state index in [0.29, 0.717) is 46.7 Å². The number of rotatable bonds is 9. The number of aryl methyl sites for hydroxylation is 2. The van der Waals surface area contributed by atoms with E-state index in [9.17, 15) is 8.42 Å². The smallest absolute Gasteiger partial charge is 0.243 e. The van der Waals surface area contributed by atoms with Crippen LogP contribution in [0, 0.1) is 19.8 Å². The third kappa shape index (κ3) is 6.89. The fourth-order valence-corrected chi connectivity index (χ4v) is 8.40. The molecule has 0 radical (unpaired) electrons. The average molecular weight is 572 g/mol. The van der Waals surface area contributed by atoms with Crippen LogP contribution in [0.1, 0.15) is 62.5 Å². The average Bonchev–Trinajstić information content (AvgIpc) is 2.96. The summed E-state index contributed by atoms with van der Waals surface area (Å²) in [7, 11) is -2.07. The molecule has 4 heterocycles. The Morgan fingerprint density at radius 2 is 1.68 bits per heavy atom. The molecule has 0 bridgehead atoms. The van der Waals surface area contributed by atoms with E-state index in [0.717, 1.165) is 31.8 Å². The first-order valence-corrected chi connectivity index (χ1v) is 16.4. The number of ether oxygens (including phenoxy) is 2. The summed E-state index contributed by atoms with van der Waals surface area (Å²) in [5.41, 5.74) is 1.38. The molecule has 0 N–H and O–H groups in total. The van der Waals surface area contributed by atoms with Crippen LogP contribution in [0.4, 0.5) is 5.95 Å². The first-order chi connectivity index (χ1) is 19.3. The van der Waals surface area contributed by atoms with Crippen molar-refractivity contribution in [3.8, 4) is 11.6 Å². The predicted molar refractivity (Wildman–Crippen MR) is 157 cm³/mol. The fraction of sp³-hybridized carbons (Fsp3) is 0.667. The molecule has 1 atom stereocenters. The molecule has 3 saturated heterocycles. The van der Waals surface area contributed by atoms with Gasteiger partial charge >= 0.3 is 0 Å². The van der Waals surface area contributed by atoms with Gasteiger partial charge in [-0.15, -0.1) is 0 Å². The first-order valence-electron chi connectivity index (χ1n) is 15.0. The van der Waals surface area contributed by atoms with Crippen molar-refractivity contribution in [3.05, 3.63) is 35.5 Å². The molecule has 220 valence electrons. The van der Waals surface area contributed by atoms with Gasteiger partial charge in [-0.05, 0) is 108 Å². The second-order valence-corrected chi connectivity index (χ2v) is 13.5. The molecule has 0 amide bonds. The number of aromatic nitrogens is 2. The Bertz CT molecular complexity index is 1220. The van der Waals surface area contributed by atoms with Crippen molar-refractivity contribution in [3.63, 3.8) is 0 Å². The van der Waals surface area contributed by atoms with Gasteiger partial charge in [0.15, 0.2) is 0 Å². The van der Waals surface area contributed by atoms with Crippen molar-refractivity contribution in [2.45, 2.75) is 76.2 Å². The molecule has 10 heteroatoms. The number of benzene rings is 1. The number of methoxy groups -OCH3 is 1. The van der Waals surface area contributed by atoms with E-state index in [1.165, 1.54) is 58.2 Å². The topological polar surface area (TPSA) is 88.1 Å². The summed E-state index contributed by atoms with van der Waals surface area (Å²) >= 11 is 0. The van der Waals surface area contributed by atoms with E-state index in [4.69, 9.17) is 14.5 Å². The minimum absolute atomic E-state index is 0.259. The first kappa shape index (κ1) is 29.1. The van der Waals surface area contributed by atoms with E-state index in [1.807, 2.05) is 13.8 Å². The summed E-state index contributed by atoms with van der Waals surface area (Å²) < 4.78 is 40.4. The minimum atomic E-state index is -3.66. The molecule has 5 rings (SSSR count). The molecule has 3 fully saturated rings. The molecule has 1 aromatic carbocycles. The summed E-state index contributed by atoms with van der Waals surface area (Å²) in [6.45, 7) is 10.1. The van der Waals surface area contributed by atoms with Crippen LogP contribution in [0.5, 0.6) is 11.6 Å². The molecule has 3 aliphatic rings. The van der Waals surface area contributed by atoms with Gasteiger partial charge in [0, 0.05) is 31.9 Å². The van der Waals surface area contributed by atoms with E-state index in [-0.39, 0.29) is 6.10 Å². The fourth-order valence-electron chi connectivity index (χ4n) is 6.47. The van der Waals surface area contributed by atoms with Gasteiger partial charge in [0.25, 0.3) is 0 Å². The van der Waals surface area contributed by atoms with Crippen LogP contribution < -0.4 is 14.4 Å². The lowest BCUT2D eigenvalue weighted by molar-refractivity contribution is 0.124. The summed E-state index contributed by atoms with van der Waals surface area (Å²) in [6.07, 6.45) is 10.7. The zero-order valence-corrected chi connectivity index (χ0v) is 25.2. The highest BCUT2D eigenvalue weighted by atomic mass is 32.2. The Labute approximate surface area is 239 Å². The van der Waals surface area contributed by atoms with E-state index in [2.05, 4.69) is 14.8 Å². The van der Waals surface area contributed by atoms with Gasteiger partial charge in [-0.25, -0.2) is 13.4 Å². The van der Waals surface area contributed by atoms with E-state index in [1.54, 1.807) is 35.8 Å². The SMILES string of the molecule is COc1cc(C)c(S(=O)(=O)N2CCCC(Oc3ccnc(N4CCC(CCN5CCCCC5)CC4)n3)C2)c(C)c1. The molecule has 0 aliphatic carbocycles. The van der Waals surface area contributed by atoms with Crippen LogP contribution in [0.2, 0.25) is 0 Å². The third-order valence-corrected chi connectivity index (χ3v) is 10.9. The molecule has 9 nitrogen and oxygen atoms in total. The molecule has 0 spiro atoms. The van der Waals surface area contributed by atoms with Crippen LogP contribution in [0.3, 0.4) is 0 Å². The van der Waals surface area contributed by atoms with Crippen LogP contribution in [0.15, 0.2) is 29.3 Å². The molecular formula is C30H45N5O4S. The number of hydrogen-bond acceptors (Lipinski definition) is 8. The maximum Gasteiger partial charge on any atom is 0.243 e. The molecule has 0 saturated carbocycles. The van der Waals surface area contributed by atoms with Gasteiger partial charge in [0.05, 0.1) is 18.6 Å². The molecule has 1 aromatic heterocycles. The lowest BCUT2D eigenvalue weighted by Crippen LogP contribution is -2.44. The second kappa shape index (κ2) is 13.0. The Kier molecular flexibility index (Phi) is 9.48. The van der Waals surface area contributed by atoms with Gasteiger partial charge < -0.3 is 19.3 Å². The normalized spacial score (nSPS) is 21.9. The van der Waals surface area contributed by atoms with Crippen molar-refractivity contribution in [1.82, 2.24) is 19.2 Å². The Hall–Kier alpha value is -2.43. The molecular weight excluding hydrogens is 526 g/mol. The summed E-state index contributed by atoms with van der Waals surface area (Å²) in [4.78, 5) is 14.5. The maximum atomic E-state index is 13.6. The Morgan fingerprint density at radius 1 is 0.950 bits per heavy atom. The van der Waals surface area contributed by atoms with Gasteiger partial charge in [0.1, 0.15) is 11.9 Å². The minimum Gasteiger partial charge on any atom is -0.497 e.